The number of anilines is 1. The first-order chi connectivity index (χ1) is 16.6. The number of halogens is 1. The van der Waals surface area contributed by atoms with E-state index >= 15 is 0 Å². The Balaban J connectivity index is 1.16. The number of nitrogens with zero attached hydrogens (tertiary/aromatic N) is 6. The molecule has 1 amide bonds. The van der Waals surface area contributed by atoms with Crippen molar-refractivity contribution in [3.05, 3.63) is 41.4 Å². The van der Waals surface area contributed by atoms with Gasteiger partial charge in [0.25, 0.3) is 0 Å². The number of benzene rings is 1. The van der Waals surface area contributed by atoms with Crippen LogP contribution < -0.4 is 10.2 Å². The summed E-state index contributed by atoms with van der Waals surface area (Å²) in [6.07, 6.45) is 4.25. The van der Waals surface area contributed by atoms with Crippen molar-refractivity contribution in [2.24, 2.45) is 11.8 Å². The zero-order valence-corrected chi connectivity index (χ0v) is 20.4. The molecule has 0 radical (unpaired) electrons. The Bertz CT molecular complexity index is 1120. The zero-order chi connectivity index (χ0) is 23.5. The molecule has 1 N–H and O–H groups in total. The van der Waals surface area contributed by atoms with Crippen LogP contribution in [-0.4, -0.2) is 69.9 Å². The third-order valence-corrected chi connectivity index (χ3v) is 7.26. The molecular formula is C25H32ClN7O. The molecule has 3 aromatic rings. The van der Waals surface area contributed by atoms with Crippen LogP contribution in [0.3, 0.4) is 0 Å². The van der Waals surface area contributed by atoms with Crippen LogP contribution in [0.2, 0.25) is 5.02 Å². The summed E-state index contributed by atoms with van der Waals surface area (Å²) in [6.45, 7) is 7.92. The summed E-state index contributed by atoms with van der Waals surface area (Å²) in [7, 11) is 0. The number of hydrogen-bond acceptors (Lipinski definition) is 6. The summed E-state index contributed by atoms with van der Waals surface area (Å²) < 4.78 is 1.78. The van der Waals surface area contributed by atoms with Gasteiger partial charge >= 0.3 is 0 Å². The molecule has 0 bridgehead atoms. The van der Waals surface area contributed by atoms with Crippen LogP contribution in [-0.2, 0) is 4.79 Å². The molecule has 8 nitrogen and oxygen atoms in total. The monoisotopic (exact) mass is 481 g/mol. The van der Waals surface area contributed by atoms with Gasteiger partial charge in [0.05, 0.1) is 0 Å². The van der Waals surface area contributed by atoms with E-state index in [1.807, 2.05) is 36.4 Å². The highest BCUT2D eigenvalue weighted by molar-refractivity contribution is 6.30. The molecule has 9 heteroatoms. The number of likely N-dealkylation sites (tertiary alicyclic amines) is 1. The fourth-order valence-electron chi connectivity index (χ4n) is 5.07. The Kier molecular flexibility index (Phi) is 6.97. The molecule has 2 aliphatic rings. The fourth-order valence-corrected chi connectivity index (χ4v) is 5.19. The standard InChI is InChI=1S/C25H32ClN7O/c1-18-3-2-13-31(17-18)16-12-27-25(34)20-10-14-32(15-11-20)23-9-8-22-28-29-24(33(22)30-23)19-4-6-21(26)7-5-19/h4-9,18,20H,2-3,10-17H2,1H3,(H,27,34). The third kappa shape index (κ3) is 5.18. The van der Waals surface area contributed by atoms with Gasteiger partial charge in [0, 0.05) is 49.2 Å². The van der Waals surface area contributed by atoms with Gasteiger partial charge in [0.15, 0.2) is 11.5 Å². The second-order valence-electron chi connectivity index (χ2n) is 9.59. The average molecular weight is 482 g/mol. The Hall–Kier alpha value is -2.71. The topological polar surface area (TPSA) is 78.7 Å². The molecule has 4 heterocycles. The molecule has 1 atom stereocenters. The smallest absolute Gasteiger partial charge is 0.223 e. The van der Waals surface area contributed by atoms with Crippen LogP contribution in [0.15, 0.2) is 36.4 Å². The summed E-state index contributed by atoms with van der Waals surface area (Å²) in [5, 5.41) is 17.2. The molecule has 2 aliphatic heterocycles. The third-order valence-electron chi connectivity index (χ3n) is 7.01. The van der Waals surface area contributed by atoms with E-state index in [2.05, 4.69) is 32.2 Å². The van der Waals surface area contributed by atoms with Gasteiger partial charge in [-0.05, 0) is 74.5 Å². The van der Waals surface area contributed by atoms with Crippen molar-refractivity contribution >= 4 is 29.0 Å². The van der Waals surface area contributed by atoms with Crippen molar-refractivity contribution in [2.75, 3.05) is 44.2 Å². The van der Waals surface area contributed by atoms with Crippen LogP contribution in [0.25, 0.3) is 17.0 Å². The summed E-state index contributed by atoms with van der Waals surface area (Å²) in [4.78, 5) is 17.4. The van der Waals surface area contributed by atoms with Crippen LogP contribution in [0, 0.1) is 11.8 Å². The number of fused-ring (bicyclic) bond motifs is 1. The Morgan fingerprint density at radius 3 is 2.62 bits per heavy atom. The van der Waals surface area contributed by atoms with Gasteiger partial charge in [-0.2, -0.15) is 4.52 Å². The lowest BCUT2D eigenvalue weighted by Gasteiger charge is -2.33. The van der Waals surface area contributed by atoms with Crippen molar-refractivity contribution in [1.82, 2.24) is 30.0 Å². The summed E-state index contributed by atoms with van der Waals surface area (Å²) in [5.74, 6) is 2.59. The van der Waals surface area contributed by atoms with E-state index in [1.165, 1.54) is 12.8 Å². The first-order valence-corrected chi connectivity index (χ1v) is 12.7. The lowest BCUT2D eigenvalue weighted by atomic mass is 9.96. The summed E-state index contributed by atoms with van der Waals surface area (Å²) in [6, 6.07) is 11.4. The number of piperidine rings is 2. The van der Waals surface area contributed by atoms with Crippen molar-refractivity contribution in [1.29, 1.82) is 0 Å². The summed E-state index contributed by atoms with van der Waals surface area (Å²) in [5.41, 5.74) is 1.61. The number of nitrogens with one attached hydrogen (secondary N) is 1. The van der Waals surface area contributed by atoms with Crippen LogP contribution in [0.4, 0.5) is 5.82 Å². The maximum atomic E-state index is 12.7. The van der Waals surface area contributed by atoms with E-state index in [9.17, 15) is 4.79 Å². The molecule has 2 aromatic heterocycles. The predicted octanol–water partition coefficient (Wildman–Crippen LogP) is 3.51. The number of aromatic nitrogens is 4. The molecule has 1 unspecified atom stereocenters. The minimum atomic E-state index is 0.0693. The van der Waals surface area contributed by atoms with Gasteiger partial charge in [0.1, 0.15) is 5.82 Å². The summed E-state index contributed by atoms with van der Waals surface area (Å²) >= 11 is 6.03. The van der Waals surface area contributed by atoms with Crippen LogP contribution in [0.1, 0.15) is 32.6 Å². The van der Waals surface area contributed by atoms with E-state index in [0.717, 1.165) is 69.4 Å². The number of carbonyl (C=O) groups excluding carboxylic acids is 1. The first-order valence-electron chi connectivity index (χ1n) is 12.3. The maximum Gasteiger partial charge on any atom is 0.223 e. The van der Waals surface area contributed by atoms with Gasteiger partial charge in [-0.25, -0.2) is 0 Å². The SMILES string of the molecule is CC1CCCN(CCNC(=O)C2CCN(c3ccc4nnc(-c5ccc(Cl)cc5)n4n3)CC2)C1. The van der Waals surface area contributed by atoms with Gasteiger partial charge in [0.2, 0.25) is 5.91 Å². The largest absolute Gasteiger partial charge is 0.355 e. The minimum absolute atomic E-state index is 0.0693. The zero-order valence-electron chi connectivity index (χ0n) is 19.7. The highest BCUT2D eigenvalue weighted by Gasteiger charge is 2.26. The molecule has 0 spiro atoms. The van der Waals surface area contributed by atoms with Gasteiger partial charge in [-0.3, -0.25) is 4.79 Å². The molecule has 34 heavy (non-hydrogen) atoms. The number of amides is 1. The van der Waals surface area contributed by atoms with E-state index in [-0.39, 0.29) is 11.8 Å². The highest BCUT2D eigenvalue weighted by atomic mass is 35.5. The molecule has 180 valence electrons. The van der Waals surface area contributed by atoms with E-state index in [1.54, 1.807) is 4.52 Å². The molecule has 2 fully saturated rings. The van der Waals surface area contributed by atoms with E-state index in [0.29, 0.717) is 16.5 Å². The number of rotatable bonds is 6. The van der Waals surface area contributed by atoms with Crippen LogP contribution >= 0.6 is 11.6 Å². The lowest BCUT2D eigenvalue weighted by molar-refractivity contribution is -0.125. The Morgan fingerprint density at radius 2 is 1.85 bits per heavy atom. The van der Waals surface area contributed by atoms with Gasteiger partial charge in [-0.1, -0.05) is 18.5 Å². The second kappa shape index (κ2) is 10.3. The van der Waals surface area contributed by atoms with E-state index < -0.39 is 0 Å². The first kappa shape index (κ1) is 23.1. The minimum Gasteiger partial charge on any atom is -0.355 e. The molecule has 0 saturated carbocycles. The van der Waals surface area contributed by atoms with Crippen molar-refractivity contribution in [3.8, 4) is 11.4 Å². The van der Waals surface area contributed by atoms with Gasteiger partial charge < -0.3 is 15.1 Å². The number of hydrogen-bond donors (Lipinski definition) is 1. The molecule has 5 rings (SSSR count). The maximum absolute atomic E-state index is 12.7. The van der Waals surface area contributed by atoms with Crippen molar-refractivity contribution in [2.45, 2.75) is 32.6 Å². The normalized spacial score (nSPS) is 20.1. The lowest BCUT2D eigenvalue weighted by Crippen LogP contribution is -2.44. The second-order valence-corrected chi connectivity index (χ2v) is 10.0. The van der Waals surface area contributed by atoms with Crippen LogP contribution in [0.5, 0.6) is 0 Å². The molecule has 1 aromatic carbocycles. The predicted molar refractivity (Wildman–Crippen MR) is 134 cm³/mol. The quantitative estimate of drug-likeness (QED) is 0.580. The molecule has 2 saturated heterocycles. The van der Waals surface area contributed by atoms with Crippen molar-refractivity contribution < 1.29 is 4.79 Å². The Morgan fingerprint density at radius 1 is 1.06 bits per heavy atom. The van der Waals surface area contributed by atoms with Crippen molar-refractivity contribution in [3.63, 3.8) is 0 Å². The number of carbonyl (C=O) groups is 1. The van der Waals surface area contributed by atoms with Gasteiger partial charge in [-0.15, -0.1) is 15.3 Å². The van der Waals surface area contributed by atoms with E-state index in [4.69, 9.17) is 16.7 Å². The molecule has 0 aliphatic carbocycles. The average Bonchev–Trinajstić information content (AvgIpc) is 3.28. The fraction of sp³-hybridized carbons (Fsp3) is 0.520. The Labute approximate surface area is 205 Å². The highest BCUT2D eigenvalue weighted by Crippen LogP contribution is 2.25. The molecular weight excluding hydrogens is 450 g/mol.